The number of halogens is 2. The zero-order valence-corrected chi connectivity index (χ0v) is 13.4. The maximum atomic E-state index is 13.4. The van der Waals surface area contributed by atoms with Gasteiger partial charge in [0.25, 0.3) is 0 Å². The summed E-state index contributed by atoms with van der Waals surface area (Å²) in [6, 6.07) is 6.26. The van der Waals surface area contributed by atoms with Gasteiger partial charge in [-0.2, -0.15) is 0 Å². The second kappa shape index (κ2) is 7.87. The Balaban J connectivity index is 2.04. The number of benzene rings is 1. The van der Waals surface area contributed by atoms with E-state index in [0.717, 1.165) is 6.42 Å². The molecular weight excluding hydrogens is 341 g/mol. The van der Waals surface area contributed by atoms with E-state index in [9.17, 15) is 9.18 Å². The van der Waals surface area contributed by atoms with Crippen molar-refractivity contribution in [3.8, 4) is 0 Å². The molecule has 116 valence electrons. The largest absolute Gasteiger partial charge is 0.379 e. The Morgan fingerprint density at radius 3 is 3.05 bits per heavy atom. The predicted octanol–water partition coefficient (Wildman–Crippen LogP) is 2.57. The van der Waals surface area contributed by atoms with Crippen LogP contribution in [0.4, 0.5) is 4.39 Å². The smallest absolute Gasteiger partial charge is 0.233 e. The zero-order valence-electron chi connectivity index (χ0n) is 11.9. The number of nitrogens with one attached hydrogen (secondary N) is 1. The average molecular weight is 360 g/mol. The van der Waals surface area contributed by atoms with Gasteiger partial charge >= 0.3 is 0 Å². The molecule has 2 rings (SSSR count). The molecule has 1 aromatic rings. The van der Waals surface area contributed by atoms with Gasteiger partial charge in [-0.3, -0.25) is 4.79 Å². The molecule has 6 heteroatoms. The highest BCUT2D eigenvalue weighted by molar-refractivity contribution is 9.10. The molecule has 0 unspecified atom stereocenters. The molecule has 0 spiro atoms. The van der Waals surface area contributed by atoms with Crippen molar-refractivity contribution in [2.45, 2.75) is 30.4 Å². The summed E-state index contributed by atoms with van der Waals surface area (Å²) < 4.78 is 24.6. The van der Waals surface area contributed by atoms with Gasteiger partial charge in [0, 0.05) is 13.2 Å². The minimum absolute atomic E-state index is 0.0171. The zero-order chi connectivity index (χ0) is 15.2. The van der Waals surface area contributed by atoms with Crippen molar-refractivity contribution in [1.82, 2.24) is 5.32 Å². The van der Waals surface area contributed by atoms with Gasteiger partial charge in [0.2, 0.25) is 5.91 Å². The van der Waals surface area contributed by atoms with Crippen molar-refractivity contribution in [3.63, 3.8) is 0 Å². The number of amides is 1. The van der Waals surface area contributed by atoms with E-state index in [-0.39, 0.29) is 28.8 Å². The maximum absolute atomic E-state index is 13.4. The van der Waals surface area contributed by atoms with Crippen molar-refractivity contribution in [2.24, 2.45) is 0 Å². The summed E-state index contributed by atoms with van der Waals surface area (Å²) in [6.07, 6.45) is 0.411. The Morgan fingerprint density at radius 2 is 2.43 bits per heavy atom. The molecule has 1 aromatic carbocycles. The van der Waals surface area contributed by atoms with Crippen molar-refractivity contribution >= 4 is 21.8 Å². The summed E-state index contributed by atoms with van der Waals surface area (Å²) in [5.74, 6) is -0.438. The van der Waals surface area contributed by atoms with Crippen LogP contribution in [0.2, 0.25) is 0 Å². The molecule has 0 radical (unpaired) electrons. The van der Waals surface area contributed by atoms with Crippen LogP contribution in [0.5, 0.6) is 0 Å². The van der Waals surface area contributed by atoms with Crippen LogP contribution in [0.1, 0.15) is 25.0 Å². The molecule has 3 atom stereocenters. The van der Waals surface area contributed by atoms with Gasteiger partial charge < -0.3 is 14.8 Å². The minimum atomic E-state index is -0.386. The highest BCUT2D eigenvalue weighted by Crippen LogP contribution is 2.22. The van der Waals surface area contributed by atoms with Crippen LogP contribution in [-0.4, -0.2) is 36.6 Å². The van der Waals surface area contributed by atoms with E-state index in [1.165, 1.54) is 12.1 Å². The van der Waals surface area contributed by atoms with E-state index in [2.05, 4.69) is 21.2 Å². The maximum Gasteiger partial charge on any atom is 0.233 e. The Labute approximate surface area is 132 Å². The second-order valence-corrected chi connectivity index (χ2v) is 6.40. The van der Waals surface area contributed by atoms with Crippen LogP contribution >= 0.6 is 15.9 Å². The van der Waals surface area contributed by atoms with E-state index in [0.29, 0.717) is 25.3 Å². The number of rotatable bonds is 6. The molecule has 1 saturated heterocycles. The fraction of sp³-hybridized carbons (Fsp3) is 0.533. The number of hydrogen-bond donors (Lipinski definition) is 1. The van der Waals surface area contributed by atoms with Crippen molar-refractivity contribution < 1.29 is 18.7 Å². The van der Waals surface area contributed by atoms with E-state index in [1.54, 1.807) is 19.1 Å². The fourth-order valence-electron chi connectivity index (χ4n) is 2.14. The lowest BCUT2D eigenvalue weighted by atomic mass is 10.1. The molecule has 1 aliphatic heterocycles. The Kier molecular flexibility index (Phi) is 6.14. The lowest BCUT2D eigenvalue weighted by Gasteiger charge is -2.22. The number of alkyl halides is 1. The summed E-state index contributed by atoms with van der Waals surface area (Å²) in [6.45, 7) is 3.26. The first kappa shape index (κ1) is 16.4. The third kappa shape index (κ3) is 5.05. The van der Waals surface area contributed by atoms with E-state index in [4.69, 9.17) is 9.47 Å². The summed E-state index contributed by atoms with van der Waals surface area (Å²) in [5, 5.41) is 2.80. The number of carbonyl (C=O) groups excluding carboxylic acids is 1. The Bertz CT molecular complexity index is 478. The van der Waals surface area contributed by atoms with Gasteiger partial charge in [0.05, 0.1) is 17.5 Å². The summed E-state index contributed by atoms with van der Waals surface area (Å²) >= 11 is 3.21. The van der Waals surface area contributed by atoms with E-state index >= 15 is 0 Å². The molecule has 4 nitrogen and oxygen atoms in total. The summed E-state index contributed by atoms with van der Waals surface area (Å²) in [5.41, 5.74) is 0.712. The van der Waals surface area contributed by atoms with Crippen LogP contribution in [0.25, 0.3) is 0 Å². The normalized spacial score (nSPS) is 21.0. The molecule has 1 amide bonds. The standard InChI is InChI=1S/C15H19BrFNO3/c1-10(16)15(19)18-8-14(21-13-5-6-20-9-13)11-3-2-4-12(17)7-11/h2-4,7,10,13-14H,5-6,8-9H2,1H3,(H,18,19)/t10-,13-,14+/m1/s1. The minimum Gasteiger partial charge on any atom is -0.379 e. The van der Waals surface area contributed by atoms with Crippen molar-refractivity contribution in [1.29, 1.82) is 0 Å². The Hall–Kier alpha value is -0.980. The number of ether oxygens (including phenoxy) is 2. The monoisotopic (exact) mass is 359 g/mol. The highest BCUT2D eigenvalue weighted by atomic mass is 79.9. The van der Waals surface area contributed by atoms with Crippen LogP contribution in [0, 0.1) is 5.82 Å². The molecule has 1 heterocycles. The lowest BCUT2D eigenvalue weighted by molar-refractivity contribution is -0.121. The topological polar surface area (TPSA) is 47.6 Å². The van der Waals surface area contributed by atoms with Gasteiger partial charge in [0.15, 0.2) is 0 Å². The molecule has 0 aromatic heterocycles. The van der Waals surface area contributed by atoms with Crippen molar-refractivity contribution in [3.05, 3.63) is 35.6 Å². The molecule has 0 aliphatic carbocycles. The van der Waals surface area contributed by atoms with Gasteiger partial charge in [0.1, 0.15) is 11.9 Å². The molecule has 21 heavy (non-hydrogen) atoms. The quantitative estimate of drug-likeness (QED) is 0.794. The number of carbonyl (C=O) groups is 1. The van der Waals surface area contributed by atoms with Crippen LogP contribution in [0.15, 0.2) is 24.3 Å². The molecule has 1 fully saturated rings. The van der Waals surface area contributed by atoms with Crippen LogP contribution in [0.3, 0.4) is 0 Å². The number of hydrogen-bond acceptors (Lipinski definition) is 3. The lowest BCUT2D eigenvalue weighted by Crippen LogP contribution is -2.35. The van der Waals surface area contributed by atoms with Gasteiger partial charge in [-0.05, 0) is 31.0 Å². The van der Waals surface area contributed by atoms with E-state index < -0.39 is 0 Å². The SMILES string of the molecule is C[C@@H](Br)C(=O)NC[C@H](O[C@@H]1CCOC1)c1cccc(F)c1. The first-order chi connectivity index (χ1) is 10.1. The van der Waals surface area contributed by atoms with Gasteiger partial charge in [-0.1, -0.05) is 28.1 Å². The highest BCUT2D eigenvalue weighted by Gasteiger charge is 2.23. The second-order valence-electron chi connectivity index (χ2n) is 5.03. The van der Waals surface area contributed by atoms with Crippen molar-refractivity contribution in [2.75, 3.05) is 19.8 Å². The summed E-state index contributed by atoms with van der Waals surface area (Å²) in [4.78, 5) is 11.4. The molecular formula is C15H19BrFNO3. The molecule has 1 aliphatic rings. The van der Waals surface area contributed by atoms with E-state index in [1.807, 2.05) is 0 Å². The fourth-order valence-corrected chi connectivity index (χ4v) is 2.30. The third-order valence-corrected chi connectivity index (χ3v) is 3.70. The van der Waals surface area contributed by atoms with Crippen LogP contribution < -0.4 is 5.32 Å². The van der Waals surface area contributed by atoms with Gasteiger partial charge in [-0.25, -0.2) is 4.39 Å². The summed E-state index contributed by atoms with van der Waals surface area (Å²) in [7, 11) is 0. The van der Waals surface area contributed by atoms with Crippen LogP contribution in [-0.2, 0) is 14.3 Å². The molecule has 0 saturated carbocycles. The van der Waals surface area contributed by atoms with Gasteiger partial charge in [-0.15, -0.1) is 0 Å². The third-order valence-electron chi connectivity index (χ3n) is 3.29. The average Bonchev–Trinajstić information content (AvgIpc) is 2.95. The Morgan fingerprint density at radius 1 is 1.62 bits per heavy atom. The first-order valence-corrected chi connectivity index (χ1v) is 7.88. The first-order valence-electron chi connectivity index (χ1n) is 6.96. The molecule has 0 bridgehead atoms. The predicted molar refractivity (Wildman–Crippen MR) is 80.8 cm³/mol. The molecule has 1 N–H and O–H groups in total.